The Morgan fingerprint density at radius 3 is 2.52 bits per heavy atom. The molecule has 0 aromatic heterocycles. The summed E-state index contributed by atoms with van der Waals surface area (Å²) in [6.07, 6.45) is 0. The number of rotatable bonds is 5. The third-order valence-electron chi connectivity index (χ3n) is 2.71. The first-order chi connectivity index (χ1) is 9.69. The molecular weight excluding hydrogens is 270 g/mol. The van der Waals surface area contributed by atoms with E-state index in [-0.39, 0.29) is 12.1 Å². The van der Waals surface area contributed by atoms with Gasteiger partial charge in [-0.2, -0.15) is 0 Å². The second-order valence-corrected chi connectivity index (χ2v) is 5.87. The molecule has 0 spiro atoms. The Balaban J connectivity index is 2.76. The Morgan fingerprint density at radius 1 is 1.29 bits per heavy atom. The van der Waals surface area contributed by atoms with Crippen LogP contribution in [0.4, 0.5) is 4.79 Å². The van der Waals surface area contributed by atoms with Gasteiger partial charge in [-0.15, -0.1) is 0 Å². The van der Waals surface area contributed by atoms with Crippen LogP contribution in [0.25, 0.3) is 0 Å². The summed E-state index contributed by atoms with van der Waals surface area (Å²) in [5.74, 6) is 0.0781. The Kier molecular flexibility index (Phi) is 5.72. The maximum Gasteiger partial charge on any atom is 0.318 e. The SMILES string of the molecule is Cc1cccc(CNC(C)(C)C)c1OCC(=O)NC(N)=O. The average molecular weight is 293 g/mol. The van der Waals surface area contributed by atoms with Crippen LogP contribution < -0.4 is 21.1 Å². The van der Waals surface area contributed by atoms with E-state index in [1.54, 1.807) is 0 Å². The van der Waals surface area contributed by atoms with Gasteiger partial charge in [-0.1, -0.05) is 18.2 Å². The van der Waals surface area contributed by atoms with E-state index < -0.39 is 11.9 Å². The molecule has 21 heavy (non-hydrogen) atoms. The predicted molar refractivity (Wildman–Crippen MR) is 81.0 cm³/mol. The van der Waals surface area contributed by atoms with Crippen LogP contribution in [0.2, 0.25) is 0 Å². The molecule has 0 aliphatic heterocycles. The second kappa shape index (κ2) is 7.08. The van der Waals surface area contributed by atoms with Crippen LogP contribution in [0, 0.1) is 6.92 Å². The first kappa shape index (κ1) is 17.0. The highest BCUT2D eigenvalue weighted by atomic mass is 16.5. The van der Waals surface area contributed by atoms with Crippen LogP contribution in [0.15, 0.2) is 18.2 Å². The number of amides is 3. The zero-order valence-corrected chi connectivity index (χ0v) is 12.9. The van der Waals surface area contributed by atoms with Crippen molar-refractivity contribution in [3.63, 3.8) is 0 Å². The fraction of sp³-hybridized carbons (Fsp3) is 0.467. The molecule has 0 saturated heterocycles. The molecular formula is C15H23N3O3. The van der Waals surface area contributed by atoms with Crippen LogP contribution in [0.1, 0.15) is 31.9 Å². The number of nitrogens with two attached hydrogens (primary N) is 1. The third kappa shape index (κ3) is 6.27. The summed E-state index contributed by atoms with van der Waals surface area (Å²) in [5.41, 5.74) is 6.74. The van der Waals surface area contributed by atoms with Gasteiger partial charge >= 0.3 is 6.03 Å². The first-order valence-corrected chi connectivity index (χ1v) is 6.74. The molecule has 0 radical (unpaired) electrons. The summed E-state index contributed by atoms with van der Waals surface area (Å²) in [6.45, 7) is 8.49. The van der Waals surface area contributed by atoms with E-state index in [1.807, 2.05) is 30.4 Å². The first-order valence-electron chi connectivity index (χ1n) is 6.74. The lowest BCUT2D eigenvalue weighted by Crippen LogP contribution is -2.38. The summed E-state index contributed by atoms with van der Waals surface area (Å²) < 4.78 is 5.54. The lowest BCUT2D eigenvalue weighted by Gasteiger charge is -2.22. The van der Waals surface area contributed by atoms with Crippen molar-refractivity contribution in [3.05, 3.63) is 29.3 Å². The molecule has 6 nitrogen and oxygen atoms in total. The van der Waals surface area contributed by atoms with Crippen LogP contribution in [0.3, 0.4) is 0 Å². The number of nitrogens with one attached hydrogen (secondary N) is 2. The molecule has 0 saturated carbocycles. The number of ether oxygens (including phenoxy) is 1. The van der Waals surface area contributed by atoms with Crippen LogP contribution >= 0.6 is 0 Å². The van der Waals surface area contributed by atoms with E-state index in [1.165, 1.54) is 0 Å². The molecule has 1 aromatic carbocycles. The van der Waals surface area contributed by atoms with Gasteiger partial charge in [0.25, 0.3) is 5.91 Å². The number of urea groups is 1. The molecule has 0 aliphatic rings. The van der Waals surface area contributed by atoms with E-state index in [9.17, 15) is 9.59 Å². The summed E-state index contributed by atoms with van der Waals surface area (Å²) in [6, 6.07) is 4.89. The van der Waals surface area contributed by atoms with Gasteiger partial charge < -0.3 is 15.8 Å². The number of carbonyl (C=O) groups excluding carboxylic acids is 2. The molecule has 0 unspecified atom stereocenters. The fourth-order valence-electron chi connectivity index (χ4n) is 1.73. The molecule has 1 rings (SSSR count). The van der Waals surface area contributed by atoms with Gasteiger partial charge in [0.1, 0.15) is 5.75 Å². The minimum Gasteiger partial charge on any atom is -0.483 e. The Labute approximate surface area is 125 Å². The van der Waals surface area contributed by atoms with E-state index >= 15 is 0 Å². The van der Waals surface area contributed by atoms with Gasteiger partial charge in [-0.05, 0) is 33.3 Å². The predicted octanol–water partition coefficient (Wildman–Crippen LogP) is 1.46. The number of imide groups is 1. The molecule has 1 aromatic rings. The third-order valence-corrected chi connectivity index (χ3v) is 2.71. The number of carbonyl (C=O) groups is 2. The van der Waals surface area contributed by atoms with E-state index in [0.29, 0.717) is 12.3 Å². The molecule has 116 valence electrons. The monoisotopic (exact) mass is 293 g/mol. The van der Waals surface area contributed by atoms with E-state index in [4.69, 9.17) is 10.5 Å². The highest BCUT2D eigenvalue weighted by molar-refractivity contribution is 5.94. The van der Waals surface area contributed by atoms with E-state index in [2.05, 4.69) is 26.1 Å². The minimum atomic E-state index is -0.886. The van der Waals surface area contributed by atoms with Crippen molar-refractivity contribution in [3.8, 4) is 5.75 Å². The summed E-state index contributed by atoms with van der Waals surface area (Å²) in [4.78, 5) is 22.0. The van der Waals surface area contributed by atoms with Gasteiger partial charge in [0.15, 0.2) is 6.61 Å². The fourth-order valence-corrected chi connectivity index (χ4v) is 1.73. The topological polar surface area (TPSA) is 93.4 Å². The van der Waals surface area contributed by atoms with Gasteiger partial charge in [-0.3, -0.25) is 10.1 Å². The summed E-state index contributed by atoms with van der Waals surface area (Å²) >= 11 is 0. The molecule has 0 atom stereocenters. The van der Waals surface area contributed by atoms with Crippen molar-refractivity contribution in [1.82, 2.24) is 10.6 Å². The molecule has 6 heteroatoms. The number of aryl methyl sites for hydroxylation is 1. The zero-order valence-electron chi connectivity index (χ0n) is 12.9. The smallest absolute Gasteiger partial charge is 0.318 e. The lowest BCUT2D eigenvalue weighted by molar-refractivity contribution is -0.121. The maximum atomic E-state index is 11.4. The standard InChI is InChI=1S/C15H23N3O3/c1-10-6-5-7-11(8-17-15(2,3)4)13(10)21-9-12(19)18-14(16)20/h5-7,17H,8-9H2,1-4H3,(H3,16,18,19,20). The van der Waals surface area contributed by atoms with Gasteiger partial charge in [0.2, 0.25) is 0 Å². The summed E-state index contributed by atoms with van der Waals surface area (Å²) in [5, 5.41) is 5.34. The van der Waals surface area contributed by atoms with Crippen molar-refractivity contribution in [2.45, 2.75) is 39.8 Å². The number of para-hydroxylation sites is 1. The molecule has 0 aliphatic carbocycles. The zero-order chi connectivity index (χ0) is 16.0. The van der Waals surface area contributed by atoms with Crippen LogP contribution in [0.5, 0.6) is 5.75 Å². The Bertz CT molecular complexity index is 521. The lowest BCUT2D eigenvalue weighted by atomic mass is 10.1. The number of benzene rings is 1. The molecule has 3 amide bonds. The van der Waals surface area contributed by atoms with Gasteiger partial charge in [0, 0.05) is 17.6 Å². The number of hydrogen-bond donors (Lipinski definition) is 3. The number of primary amides is 1. The molecule has 0 heterocycles. The van der Waals surface area contributed by atoms with Crippen molar-refractivity contribution in [2.24, 2.45) is 5.73 Å². The summed E-state index contributed by atoms with van der Waals surface area (Å²) in [7, 11) is 0. The molecule has 0 bridgehead atoms. The Morgan fingerprint density at radius 2 is 1.95 bits per heavy atom. The number of hydrogen-bond acceptors (Lipinski definition) is 4. The normalized spacial score (nSPS) is 11.0. The van der Waals surface area contributed by atoms with Gasteiger partial charge in [0.05, 0.1) is 0 Å². The van der Waals surface area contributed by atoms with Crippen molar-refractivity contribution < 1.29 is 14.3 Å². The average Bonchev–Trinajstić information content (AvgIpc) is 2.33. The maximum absolute atomic E-state index is 11.4. The second-order valence-electron chi connectivity index (χ2n) is 5.87. The molecule has 4 N–H and O–H groups in total. The van der Waals surface area contributed by atoms with Crippen molar-refractivity contribution in [2.75, 3.05) is 6.61 Å². The highest BCUT2D eigenvalue weighted by Gasteiger charge is 2.13. The largest absolute Gasteiger partial charge is 0.483 e. The van der Waals surface area contributed by atoms with Crippen molar-refractivity contribution in [1.29, 1.82) is 0 Å². The van der Waals surface area contributed by atoms with Crippen molar-refractivity contribution >= 4 is 11.9 Å². The molecule has 0 fully saturated rings. The Hall–Kier alpha value is -2.08. The van der Waals surface area contributed by atoms with Crippen LogP contribution in [-0.2, 0) is 11.3 Å². The van der Waals surface area contributed by atoms with Crippen LogP contribution in [-0.4, -0.2) is 24.1 Å². The van der Waals surface area contributed by atoms with Gasteiger partial charge in [-0.25, -0.2) is 4.79 Å². The minimum absolute atomic E-state index is 0.0235. The quantitative estimate of drug-likeness (QED) is 0.766. The van der Waals surface area contributed by atoms with E-state index in [0.717, 1.165) is 11.1 Å². The highest BCUT2D eigenvalue weighted by Crippen LogP contribution is 2.23.